The highest BCUT2D eigenvalue weighted by molar-refractivity contribution is 6.08. The zero-order valence-corrected chi connectivity index (χ0v) is 16.7. The molecule has 4 aliphatic rings. The lowest BCUT2D eigenvalue weighted by Gasteiger charge is -2.57. The number of esters is 1. The summed E-state index contributed by atoms with van der Waals surface area (Å²) in [6, 6.07) is 7.80. The molecule has 6 nitrogen and oxygen atoms in total. The fourth-order valence-corrected chi connectivity index (χ4v) is 6.89. The van der Waals surface area contributed by atoms with Gasteiger partial charge in [-0.15, -0.1) is 0 Å². The van der Waals surface area contributed by atoms with Gasteiger partial charge >= 0.3 is 5.97 Å². The van der Waals surface area contributed by atoms with Crippen LogP contribution in [-0.4, -0.2) is 27.1 Å². The van der Waals surface area contributed by atoms with Crippen LogP contribution in [0.5, 0.6) is 0 Å². The Kier molecular flexibility index (Phi) is 3.53. The molecule has 0 unspecified atom stereocenters. The molecule has 4 fully saturated rings. The van der Waals surface area contributed by atoms with Gasteiger partial charge in [0.1, 0.15) is 16.9 Å². The van der Waals surface area contributed by atoms with E-state index in [0.717, 1.165) is 53.7 Å². The summed E-state index contributed by atoms with van der Waals surface area (Å²) in [6.07, 6.45) is 7.42. The Hall–Kier alpha value is -2.63. The quantitative estimate of drug-likeness (QED) is 0.675. The summed E-state index contributed by atoms with van der Waals surface area (Å²) < 4.78 is 7.55. The summed E-state index contributed by atoms with van der Waals surface area (Å²) in [6.45, 7) is 2.12. The van der Waals surface area contributed by atoms with Crippen molar-refractivity contribution in [2.45, 2.75) is 51.0 Å². The van der Waals surface area contributed by atoms with E-state index in [0.29, 0.717) is 23.5 Å². The minimum Gasteiger partial charge on any atom is -0.462 e. The first kappa shape index (κ1) is 17.2. The van der Waals surface area contributed by atoms with Crippen molar-refractivity contribution in [2.24, 2.45) is 17.8 Å². The second-order valence-corrected chi connectivity index (χ2v) is 9.34. The summed E-state index contributed by atoms with van der Waals surface area (Å²) >= 11 is 0. The largest absolute Gasteiger partial charge is 0.462 e. The average molecular weight is 390 g/mol. The van der Waals surface area contributed by atoms with Crippen LogP contribution in [0.1, 0.15) is 55.8 Å². The van der Waals surface area contributed by atoms with Crippen LogP contribution in [0.15, 0.2) is 24.3 Å². The zero-order chi connectivity index (χ0) is 19.8. The molecule has 150 valence electrons. The van der Waals surface area contributed by atoms with E-state index in [9.17, 15) is 4.79 Å². The monoisotopic (exact) mass is 390 g/mol. The highest BCUT2D eigenvalue weighted by Crippen LogP contribution is 2.60. The van der Waals surface area contributed by atoms with E-state index in [2.05, 4.69) is 4.57 Å². The maximum atomic E-state index is 12.9. The number of fused-ring (bicyclic) bond motifs is 2. The molecule has 29 heavy (non-hydrogen) atoms. The van der Waals surface area contributed by atoms with Crippen molar-refractivity contribution < 1.29 is 9.53 Å². The van der Waals surface area contributed by atoms with E-state index in [1.54, 1.807) is 0 Å². The number of nitrogens with two attached hydrogens (primary N) is 1. The lowest BCUT2D eigenvalue weighted by Crippen LogP contribution is -2.52. The van der Waals surface area contributed by atoms with Crippen LogP contribution in [0.4, 0.5) is 5.82 Å². The summed E-state index contributed by atoms with van der Waals surface area (Å²) in [5.41, 5.74) is 9.98. The van der Waals surface area contributed by atoms with Gasteiger partial charge in [0, 0.05) is 5.54 Å². The van der Waals surface area contributed by atoms with Crippen molar-refractivity contribution in [3.63, 3.8) is 0 Å². The summed E-state index contributed by atoms with van der Waals surface area (Å²) in [5.74, 6) is 2.37. The fourth-order valence-electron chi connectivity index (χ4n) is 6.89. The van der Waals surface area contributed by atoms with Crippen LogP contribution in [0, 0.1) is 17.8 Å². The van der Waals surface area contributed by atoms with Crippen molar-refractivity contribution in [3.8, 4) is 0 Å². The molecule has 0 saturated heterocycles. The predicted molar refractivity (Wildman–Crippen MR) is 112 cm³/mol. The molecule has 0 atom stereocenters. The van der Waals surface area contributed by atoms with Gasteiger partial charge in [-0.3, -0.25) is 0 Å². The Morgan fingerprint density at radius 2 is 1.69 bits per heavy atom. The predicted octanol–water partition coefficient (Wildman–Crippen LogP) is 4.27. The van der Waals surface area contributed by atoms with Gasteiger partial charge in [0.2, 0.25) is 0 Å². The average Bonchev–Trinajstić information content (AvgIpc) is 2.96. The first-order valence-corrected chi connectivity index (χ1v) is 10.8. The molecule has 0 radical (unpaired) electrons. The second-order valence-electron chi connectivity index (χ2n) is 9.34. The molecular formula is C23H26N4O2. The van der Waals surface area contributed by atoms with Gasteiger partial charge in [-0.05, 0) is 75.3 Å². The smallest absolute Gasteiger partial charge is 0.344 e. The molecule has 4 bridgehead atoms. The van der Waals surface area contributed by atoms with Gasteiger partial charge in [0.15, 0.2) is 5.65 Å². The number of nitrogens with zero attached hydrogens (tertiary/aromatic N) is 3. The Bertz CT molecular complexity index is 1110. The molecule has 2 aromatic heterocycles. The van der Waals surface area contributed by atoms with E-state index >= 15 is 0 Å². The minimum atomic E-state index is -0.400. The Balaban J connectivity index is 1.64. The molecule has 4 saturated carbocycles. The summed E-state index contributed by atoms with van der Waals surface area (Å²) in [7, 11) is 0. The molecule has 2 N–H and O–H groups in total. The number of rotatable bonds is 3. The maximum absolute atomic E-state index is 12.9. The van der Waals surface area contributed by atoms with Gasteiger partial charge in [0.25, 0.3) is 0 Å². The molecule has 4 aliphatic carbocycles. The number of benzene rings is 1. The molecule has 0 aliphatic heterocycles. The van der Waals surface area contributed by atoms with Crippen molar-refractivity contribution >= 4 is 34.0 Å². The highest BCUT2D eigenvalue weighted by Gasteiger charge is 2.53. The normalized spacial score (nSPS) is 30.3. The second kappa shape index (κ2) is 5.94. The molecule has 0 spiro atoms. The first-order valence-electron chi connectivity index (χ1n) is 10.8. The number of carbonyl (C=O) groups is 1. The van der Waals surface area contributed by atoms with Gasteiger partial charge in [-0.25, -0.2) is 14.8 Å². The third-order valence-electron chi connectivity index (χ3n) is 7.46. The van der Waals surface area contributed by atoms with Crippen LogP contribution in [0.25, 0.3) is 22.2 Å². The zero-order valence-electron chi connectivity index (χ0n) is 16.7. The molecule has 2 heterocycles. The number of nitrogen functional groups attached to an aromatic ring is 1. The third-order valence-corrected chi connectivity index (χ3v) is 7.46. The fraction of sp³-hybridized carbons (Fsp3) is 0.522. The number of carbonyl (C=O) groups excluding carboxylic acids is 1. The van der Waals surface area contributed by atoms with Crippen LogP contribution in [-0.2, 0) is 10.3 Å². The number of hydrogen-bond acceptors (Lipinski definition) is 5. The number of anilines is 1. The lowest BCUT2D eigenvalue weighted by molar-refractivity contribution is -0.0399. The van der Waals surface area contributed by atoms with Crippen molar-refractivity contribution in [2.75, 3.05) is 12.3 Å². The molecule has 3 aromatic rings. The van der Waals surface area contributed by atoms with Crippen LogP contribution in [0.3, 0.4) is 0 Å². The third kappa shape index (κ3) is 2.38. The SMILES string of the molecule is CCOC(=O)c1c(N)n(C23CC4CC(CC(C4)C2)C3)c2nc3ccccc3nc12. The van der Waals surface area contributed by atoms with E-state index in [1.807, 2.05) is 31.2 Å². The standard InChI is InChI=1S/C23H26N4O2/c1-2-29-22(28)18-19-21(26-17-6-4-3-5-16(17)25-19)27(20(18)24)23-10-13-7-14(11-23)9-15(8-13)12-23/h3-6,13-15H,2,7-12,24H2,1H3. The van der Waals surface area contributed by atoms with E-state index in [-0.39, 0.29) is 5.54 Å². The van der Waals surface area contributed by atoms with Gasteiger partial charge in [-0.2, -0.15) is 0 Å². The molecule has 7 rings (SSSR count). The first-order chi connectivity index (χ1) is 14.1. The number of aromatic nitrogens is 3. The lowest BCUT2D eigenvalue weighted by atomic mass is 9.53. The van der Waals surface area contributed by atoms with E-state index in [1.165, 1.54) is 19.3 Å². The number of ether oxygens (including phenoxy) is 1. The summed E-state index contributed by atoms with van der Waals surface area (Å²) in [4.78, 5) is 22.7. The van der Waals surface area contributed by atoms with Crippen LogP contribution >= 0.6 is 0 Å². The van der Waals surface area contributed by atoms with Crippen molar-refractivity contribution in [1.82, 2.24) is 14.5 Å². The van der Waals surface area contributed by atoms with Crippen molar-refractivity contribution in [3.05, 3.63) is 29.8 Å². The van der Waals surface area contributed by atoms with Crippen molar-refractivity contribution in [1.29, 1.82) is 0 Å². The Morgan fingerprint density at radius 1 is 1.10 bits per heavy atom. The minimum absolute atomic E-state index is 0.0427. The molecule has 1 aromatic carbocycles. The Morgan fingerprint density at radius 3 is 2.28 bits per heavy atom. The number of para-hydroxylation sites is 2. The van der Waals surface area contributed by atoms with Gasteiger partial charge in [0.05, 0.1) is 17.6 Å². The summed E-state index contributed by atoms with van der Waals surface area (Å²) in [5, 5.41) is 0. The molecule has 6 heteroatoms. The van der Waals surface area contributed by atoms with Crippen LogP contribution < -0.4 is 5.73 Å². The van der Waals surface area contributed by atoms with Crippen LogP contribution in [0.2, 0.25) is 0 Å². The van der Waals surface area contributed by atoms with Gasteiger partial charge in [-0.1, -0.05) is 12.1 Å². The number of hydrogen-bond donors (Lipinski definition) is 1. The highest BCUT2D eigenvalue weighted by atomic mass is 16.5. The van der Waals surface area contributed by atoms with Gasteiger partial charge < -0.3 is 15.0 Å². The van der Waals surface area contributed by atoms with E-state index in [4.69, 9.17) is 20.4 Å². The molecular weight excluding hydrogens is 364 g/mol. The Labute approximate surface area is 169 Å². The topological polar surface area (TPSA) is 83.0 Å². The molecule has 0 amide bonds. The maximum Gasteiger partial charge on any atom is 0.344 e. The van der Waals surface area contributed by atoms with E-state index < -0.39 is 5.97 Å².